The molecule has 4 N–H and O–H groups in total. The van der Waals surface area contributed by atoms with Crippen LogP contribution in [0, 0.1) is 6.92 Å². The van der Waals surface area contributed by atoms with Crippen LogP contribution in [0.15, 0.2) is 60.1 Å². The van der Waals surface area contributed by atoms with E-state index in [9.17, 15) is 4.79 Å². The lowest BCUT2D eigenvalue weighted by molar-refractivity contribution is -0.111. The highest BCUT2D eigenvalue weighted by Gasteiger charge is 2.29. The number of aromatic nitrogens is 3. The quantitative estimate of drug-likeness (QED) is 0.298. The molecule has 10 nitrogen and oxygen atoms in total. The van der Waals surface area contributed by atoms with E-state index in [1.807, 2.05) is 35.9 Å². The van der Waals surface area contributed by atoms with E-state index in [2.05, 4.69) is 32.1 Å². The number of carbonyl (C=O) groups excluding carboxylic acids is 1. The average Bonchev–Trinajstić information content (AvgIpc) is 3.22. The molecule has 2 fully saturated rings. The zero-order chi connectivity index (χ0) is 26.6. The Labute approximate surface area is 226 Å². The lowest BCUT2D eigenvalue weighted by Crippen LogP contribution is -2.52. The van der Waals surface area contributed by atoms with Gasteiger partial charge in [0, 0.05) is 42.8 Å². The molecule has 38 heavy (non-hydrogen) atoms. The fourth-order valence-electron chi connectivity index (χ4n) is 4.69. The summed E-state index contributed by atoms with van der Waals surface area (Å²) >= 11 is 6.52. The Hall–Kier alpha value is -3.73. The highest BCUT2D eigenvalue weighted by atomic mass is 35.5. The van der Waals surface area contributed by atoms with Crippen LogP contribution < -0.4 is 16.4 Å². The number of amides is 1. The summed E-state index contributed by atoms with van der Waals surface area (Å²) in [5.41, 5.74) is 9.05. The van der Waals surface area contributed by atoms with Gasteiger partial charge in [0.2, 0.25) is 11.9 Å². The van der Waals surface area contributed by atoms with Crippen molar-refractivity contribution in [3.05, 3.63) is 65.7 Å². The lowest BCUT2D eigenvalue weighted by atomic mass is 10.0. The Morgan fingerprint density at radius 1 is 1.29 bits per heavy atom. The van der Waals surface area contributed by atoms with Crippen molar-refractivity contribution in [2.24, 2.45) is 10.7 Å². The van der Waals surface area contributed by atoms with Crippen LogP contribution in [0.5, 0.6) is 0 Å². The number of nitrogens with two attached hydrogens (primary N) is 1. The molecule has 1 amide bonds. The van der Waals surface area contributed by atoms with Gasteiger partial charge in [0.15, 0.2) is 5.82 Å². The number of piperidine rings is 1. The normalized spacial score (nSPS) is 17.6. The molecule has 5 rings (SSSR count). The number of likely N-dealkylation sites (tertiary alicyclic amines) is 1. The molecule has 3 aromatic rings. The number of anilines is 2. The van der Waals surface area contributed by atoms with Crippen molar-refractivity contribution in [1.82, 2.24) is 19.4 Å². The second-order valence-electron chi connectivity index (χ2n) is 9.46. The van der Waals surface area contributed by atoms with Gasteiger partial charge in [-0.05, 0) is 49.6 Å². The molecule has 0 radical (unpaired) electrons. The molecule has 0 spiro atoms. The summed E-state index contributed by atoms with van der Waals surface area (Å²) in [5.74, 6) is 0.602. The molecule has 1 aromatic carbocycles. The summed E-state index contributed by atoms with van der Waals surface area (Å²) in [6.45, 7) is 9.23. The van der Waals surface area contributed by atoms with Gasteiger partial charge in [-0.1, -0.05) is 18.2 Å². The molecule has 4 heterocycles. The van der Waals surface area contributed by atoms with E-state index in [0.717, 1.165) is 55.6 Å². The fourth-order valence-corrected chi connectivity index (χ4v) is 4.88. The van der Waals surface area contributed by atoms with Crippen molar-refractivity contribution in [2.45, 2.75) is 31.8 Å². The van der Waals surface area contributed by atoms with Gasteiger partial charge in [0.1, 0.15) is 5.02 Å². The van der Waals surface area contributed by atoms with Gasteiger partial charge in [0.05, 0.1) is 42.7 Å². The predicted molar refractivity (Wildman–Crippen MR) is 151 cm³/mol. The van der Waals surface area contributed by atoms with Crippen molar-refractivity contribution in [3.8, 4) is 5.82 Å². The molecule has 198 valence electrons. The minimum absolute atomic E-state index is 0.251. The van der Waals surface area contributed by atoms with E-state index in [4.69, 9.17) is 27.1 Å². The monoisotopic (exact) mass is 534 g/mol. The third-order valence-corrected chi connectivity index (χ3v) is 7.17. The summed E-state index contributed by atoms with van der Waals surface area (Å²) in [7, 11) is 0. The van der Waals surface area contributed by atoms with Crippen LogP contribution in [0.3, 0.4) is 0 Å². The van der Waals surface area contributed by atoms with Crippen LogP contribution in [0.2, 0.25) is 5.02 Å². The SMILES string of the molecule is C=CC(=O)Nc1ccc2c(c1)c(C)cn2-c1nc(N/C(C=NC2CCN(C3COC3)CC2)=C/N)ncc1Cl. The third-order valence-electron chi connectivity index (χ3n) is 6.91. The maximum Gasteiger partial charge on any atom is 0.247 e. The fraction of sp³-hybridized carbons (Fsp3) is 0.333. The van der Waals surface area contributed by atoms with E-state index >= 15 is 0 Å². The first-order valence-corrected chi connectivity index (χ1v) is 12.9. The molecule has 0 bridgehead atoms. The first kappa shape index (κ1) is 25.9. The molecule has 0 aliphatic carbocycles. The van der Waals surface area contributed by atoms with Crippen molar-refractivity contribution < 1.29 is 9.53 Å². The van der Waals surface area contributed by atoms with Gasteiger partial charge >= 0.3 is 0 Å². The molecule has 11 heteroatoms. The Morgan fingerprint density at radius 2 is 2.08 bits per heavy atom. The van der Waals surface area contributed by atoms with Crippen molar-refractivity contribution in [2.75, 3.05) is 36.9 Å². The average molecular weight is 535 g/mol. The van der Waals surface area contributed by atoms with Gasteiger partial charge in [-0.15, -0.1) is 0 Å². The van der Waals surface area contributed by atoms with Gasteiger partial charge < -0.3 is 21.1 Å². The van der Waals surface area contributed by atoms with E-state index in [0.29, 0.717) is 34.2 Å². The van der Waals surface area contributed by atoms with Crippen LogP contribution in [-0.4, -0.2) is 69.9 Å². The number of rotatable bonds is 8. The number of benzene rings is 1. The van der Waals surface area contributed by atoms with E-state index in [1.54, 1.807) is 12.4 Å². The second kappa shape index (κ2) is 11.3. The molecular weight excluding hydrogens is 504 g/mol. The van der Waals surface area contributed by atoms with Crippen LogP contribution >= 0.6 is 11.6 Å². The van der Waals surface area contributed by atoms with E-state index in [-0.39, 0.29) is 11.9 Å². The Balaban J connectivity index is 1.31. The van der Waals surface area contributed by atoms with Crippen molar-refractivity contribution in [1.29, 1.82) is 0 Å². The highest BCUT2D eigenvalue weighted by Crippen LogP contribution is 2.30. The molecule has 0 unspecified atom stereocenters. The maximum atomic E-state index is 11.7. The molecule has 0 saturated carbocycles. The molecular formula is C27H31ClN8O2. The summed E-state index contributed by atoms with van der Waals surface area (Å²) in [6.07, 6.45) is 9.95. The van der Waals surface area contributed by atoms with Crippen molar-refractivity contribution >= 4 is 46.3 Å². The largest absolute Gasteiger partial charge is 0.403 e. The van der Waals surface area contributed by atoms with Crippen LogP contribution in [-0.2, 0) is 9.53 Å². The number of carbonyl (C=O) groups is 1. The van der Waals surface area contributed by atoms with E-state index in [1.165, 1.54) is 12.3 Å². The first-order chi connectivity index (χ1) is 18.4. The molecule has 2 aliphatic heterocycles. The number of nitrogens with zero attached hydrogens (tertiary/aromatic N) is 5. The molecule has 2 aromatic heterocycles. The topological polar surface area (TPSA) is 123 Å². The Kier molecular flexibility index (Phi) is 7.73. The van der Waals surface area contributed by atoms with Crippen LogP contribution in [0.4, 0.5) is 11.6 Å². The number of nitrogens with one attached hydrogen (secondary N) is 2. The number of hydrogen-bond acceptors (Lipinski definition) is 8. The van der Waals surface area contributed by atoms with Gasteiger partial charge in [-0.2, -0.15) is 4.98 Å². The second-order valence-corrected chi connectivity index (χ2v) is 9.86. The zero-order valence-electron chi connectivity index (χ0n) is 21.2. The first-order valence-electron chi connectivity index (χ1n) is 12.6. The summed E-state index contributed by atoms with van der Waals surface area (Å²) in [4.78, 5) is 27.9. The third kappa shape index (κ3) is 5.57. The molecule has 0 atom stereocenters. The van der Waals surface area contributed by atoms with Crippen molar-refractivity contribution in [3.63, 3.8) is 0 Å². The molecule has 2 aliphatic rings. The minimum Gasteiger partial charge on any atom is -0.403 e. The number of ether oxygens (including phenoxy) is 1. The number of hydrogen-bond donors (Lipinski definition) is 3. The predicted octanol–water partition coefficient (Wildman–Crippen LogP) is 3.65. The highest BCUT2D eigenvalue weighted by molar-refractivity contribution is 6.32. The number of aliphatic imine (C=N–C) groups is 1. The Morgan fingerprint density at radius 3 is 2.76 bits per heavy atom. The summed E-state index contributed by atoms with van der Waals surface area (Å²) in [6, 6.07) is 6.46. The number of fused-ring (bicyclic) bond motifs is 1. The van der Waals surface area contributed by atoms with Crippen LogP contribution in [0.25, 0.3) is 16.7 Å². The number of aryl methyl sites for hydroxylation is 1. The van der Waals surface area contributed by atoms with Crippen LogP contribution in [0.1, 0.15) is 18.4 Å². The molecule has 2 saturated heterocycles. The smallest absolute Gasteiger partial charge is 0.247 e. The van der Waals surface area contributed by atoms with Gasteiger partial charge in [0.25, 0.3) is 0 Å². The minimum atomic E-state index is -0.266. The number of allylic oxidation sites excluding steroid dienone is 1. The van der Waals surface area contributed by atoms with Gasteiger partial charge in [-0.3, -0.25) is 19.3 Å². The lowest BCUT2D eigenvalue weighted by Gasteiger charge is -2.40. The number of halogens is 1. The standard InChI is InChI=1S/C27H31ClN8O2/c1-3-25(37)32-19-4-5-24-22(10-19)17(2)14-36(24)26-23(28)13-31-27(34-26)33-20(11-29)12-30-18-6-8-35(9-7-18)21-15-38-16-21/h3-5,10-14,18,21H,1,6-9,15-16,29H2,2H3,(H,32,37)(H,31,33,34)/b20-11+,30-12?. The maximum absolute atomic E-state index is 11.7. The van der Waals surface area contributed by atoms with E-state index < -0.39 is 0 Å². The summed E-state index contributed by atoms with van der Waals surface area (Å²) < 4.78 is 7.22. The van der Waals surface area contributed by atoms with Gasteiger partial charge in [-0.25, -0.2) is 4.98 Å². The Bertz CT molecular complexity index is 1400. The summed E-state index contributed by atoms with van der Waals surface area (Å²) in [5, 5.41) is 7.30. The zero-order valence-corrected chi connectivity index (χ0v) is 22.0.